The number of likely N-dealkylation sites (tertiary alicyclic amines) is 1. The smallest absolute Gasteiger partial charge is 0.236 e. The van der Waals surface area contributed by atoms with Crippen LogP contribution in [-0.4, -0.2) is 96.2 Å². The van der Waals surface area contributed by atoms with E-state index in [4.69, 9.17) is 0 Å². The van der Waals surface area contributed by atoms with Gasteiger partial charge in [-0.1, -0.05) is 30.3 Å². The summed E-state index contributed by atoms with van der Waals surface area (Å²) in [5, 5.41) is 0. The van der Waals surface area contributed by atoms with Crippen molar-refractivity contribution in [2.45, 2.75) is 39.0 Å². The number of likely N-dealkylation sites (N-methyl/N-ethyl adjacent to an activating group) is 1. The molecule has 7 nitrogen and oxygen atoms in total. The van der Waals surface area contributed by atoms with Crippen molar-refractivity contribution in [2.24, 2.45) is 0 Å². The van der Waals surface area contributed by atoms with E-state index in [1.807, 2.05) is 58.9 Å². The molecule has 7 heteroatoms. The van der Waals surface area contributed by atoms with Crippen molar-refractivity contribution in [3.63, 3.8) is 0 Å². The Labute approximate surface area is 186 Å². The van der Waals surface area contributed by atoms with Gasteiger partial charge in [0, 0.05) is 59.3 Å². The van der Waals surface area contributed by atoms with Crippen LogP contribution in [0.4, 0.5) is 0 Å². The van der Waals surface area contributed by atoms with Gasteiger partial charge >= 0.3 is 0 Å². The average molecular weight is 429 g/mol. The minimum absolute atomic E-state index is 0.0700. The quantitative estimate of drug-likeness (QED) is 0.690. The Bertz CT molecular complexity index is 762. The molecule has 0 saturated carbocycles. The minimum Gasteiger partial charge on any atom is -0.343 e. The monoisotopic (exact) mass is 428 g/mol. The first kappa shape index (κ1) is 23.3. The molecule has 2 aliphatic heterocycles. The fourth-order valence-corrected chi connectivity index (χ4v) is 4.87. The maximum atomic E-state index is 13.8. The molecular weight excluding hydrogens is 392 g/mol. The number of piperidine rings is 1. The van der Waals surface area contributed by atoms with E-state index in [1.54, 1.807) is 6.92 Å². The summed E-state index contributed by atoms with van der Waals surface area (Å²) in [4.78, 5) is 45.9. The van der Waals surface area contributed by atoms with Crippen molar-refractivity contribution in [1.82, 2.24) is 19.6 Å². The Morgan fingerprint density at radius 1 is 0.871 bits per heavy atom. The third-order valence-electron chi connectivity index (χ3n) is 6.93. The molecule has 1 aromatic carbocycles. The first-order valence-corrected chi connectivity index (χ1v) is 11.5. The molecule has 0 spiro atoms. The first-order chi connectivity index (χ1) is 14.9. The van der Waals surface area contributed by atoms with E-state index in [9.17, 15) is 14.4 Å². The van der Waals surface area contributed by atoms with Crippen LogP contribution in [0.1, 0.15) is 39.2 Å². The standard InChI is InChI=1S/C24H36N4O3/c1-4-26(5-2)22(30)19-25-15-17-28(18-16-25)23(31)24(21-9-7-6-8-10-21)11-13-27(14-12-24)20(3)29/h6-10H,4-5,11-19H2,1-3H3. The number of amides is 3. The second kappa shape index (κ2) is 10.3. The molecule has 3 rings (SSSR count). The third kappa shape index (κ3) is 5.09. The lowest BCUT2D eigenvalue weighted by Crippen LogP contribution is -2.58. The minimum atomic E-state index is -0.577. The predicted molar refractivity (Wildman–Crippen MR) is 121 cm³/mol. The van der Waals surface area contributed by atoms with E-state index in [2.05, 4.69) is 4.90 Å². The van der Waals surface area contributed by atoms with Crippen molar-refractivity contribution in [3.8, 4) is 0 Å². The van der Waals surface area contributed by atoms with Gasteiger partial charge in [-0.05, 0) is 32.3 Å². The van der Waals surface area contributed by atoms with E-state index >= 15 is 0 Å². The first-order valence-electron chi connectivity index (χ1n) is 11.5. The van der Waals surface area contributed by atoms with Gasteiger partial charge in [-0.3, -0.25) is 19.3 Å². The Kier molecular flexibility index (Phi) is 7.70. The summed E-state index contributed by atoms with van der Waals surface area (Å²) in [5.74, 6) is 0.388. The van der Waals surface area contributed by atoms with E-state index in [0.29, 0.717) is 58.7 Å². The number of hydrogen-bond donors (Lipinski definition) is 0. The van der Waals surface area contributed by atoms with Crippen molar-refractivity contribution in [2.75, 3.05) is 58.9 Å². The lowest BCUT2D eigenvalue weighted by atomic mass is 9.71. The largest absolute Gasteiger partial charge is 0.343 e. The zero-order valence-electron chi connectivity index (χ0n) is 19.2. The van der Waals surface area contributed by atoms with Crippen LogP contribution in [0.2, 0.25) is 0 Å². The van der Waals surface area contributed by atoms with Crippen LogP contribution in [0.3, 0.4) is 0 Å². The SMILES string of the molecule is CCN(CC)C(=O)CN1CCN(C(=O)C2(c3ccccc3)CCN(C(C)=O)CC2)CC1. The molecule has 2 saturated heterocycles. The normalized spacial score (nSPS) is 19.2. The molecule has 0 bridgehead atoms. The molecule has 31 heavy (non-hydrogen) atoms. The van der Waals surface area contributed by atoms with Gasteiger partial charge in [-0.15, -0.1) is 0 Å². The van der Waals surface area contributed by atoms with Gasteiger partial charge in [0.1, 0.15) is 0 Å². The van der Waals surface area contributed by atoms with Gasteiger partial charge in [0.05, 0.1) is 12.0 Å². The highest BCUT2D eigenvalue weighted by Crippen LogP contribution is 2.37. The predicted octanol–water partition coefficient (Wildman–Crippen LogP) is 1.58. The molecule has 170 valence electrons. The van der Waals surface area contributed by atoms with Crippen LogP contribution in [0.5, 0.6) is 0 Å². The number of rotatable bonds is 6. The van der Waals surface area contributed by atoms with Crippen molar-refractivity contribution >= 4 is 17.7 Å². The Hall–Kier alpha value is -2.41. The molecule has 1 aromatic rings. The highest BCUT2D eigenvalue weighted by molar-refractivity contribution is 5.89. The van der Waals surface area contributed by atoms with Crippen molar-refractivity contribution in [3.05, 3.63) is 35.9 Å². The molecule has 0 aliphatic carbocycles. The fourth-order valence-electron chi connectivity index (χ4n) is 4.87. The van der Waals surface area contributed by atoms with Gasteiger partial charge in [0.2, 0.25) is 17.7 Å². The maximum absolute atomic E-state index is 13.8. The molecule has 3 amide bonds. The number of hydrogen-bond acceptors (Lipinski definition) is 4. The summed E-state index contributed by atoms with van der Waals surface area (Å²) in [5.41, 5.74) is 0.467. The van der Waals surface area contributed by atoms with Gasteiger partial charge in [0.15, 0.2) is 0 Å². The van der Waals surface area contributed by atoms with Crippen molar-refractivity contribution < 1.29 is 14.4 Å². The number of carbonyl (C=O) groups is 3. The van der Waals surface area contributed by atoms with Gasteiger partial charge in [0.25, 0.3) is 0 Å². The zero-order chi connectivity index (χ0) is 22.4. The van der Waals surface area contributed by atoms with Crippen molar-refractivity contribution in [1.29, 1.82) is 0 Å². The second-order valence-corrected chi connectivity index (χ2v) is 8.59. The summed E-state index contributed by atoms with van der Waals surface area (Å²) < 4.78 is 0. The topological polar surface area (TPSA) is 64.2 Å². The Morgan fingerprint density at radius 2 is 1.45 bits per heavy atom. The molecule has 0 unspecified atom stereocenters. The number of benzene rings is 1. The maximum Gasteiger partial charge on any atom is 0.236 e. The fraction of sp³-hybridized carbons (Fsp3) is 0.625. The van der Waals surface area contributed by atoms with Crippen LogP contribution in [0, 0.1) is 0 Å². The number of nitrogens with zero attached hydrogens (tertiary/aromatic N) is 4. The number of carbonyl (C=O) groups excluding carboxylic acids is 3. The molecule has 0 atom stereocenters. The second-order valence-electron chi connectivity index (χ2n) is 8.59. The van der Waals surface area contributed by atoms with Crippen LogP contribution in [-0.2, 0) is 19.8 Å². The zero-order valence-corrected chi connectivity index (χ0v) is 19.2. The molecule has 0 radical (unpaired) electrons. The molecular formula is C24H36N4O3. The molecule has 2 fully saturated rings. The van der Waals surface area contributed by atoms with Crippen LogP contribution in [0.25, 0.3) is 0 Å². The lowest BCUT2D eigenvalue weighted by molar-refractivity contribution is -0.144. The lowest BCUT2D eigenvalue weighted by Gasteiger charge is -2.45. The van der Waals surface area contributed by atoms with Crippen LogP contribution in [0.15, 0.2) is 30.3 Å². The highest BCUT2D eigenvalue weighted by atomic mass is 16.2. The summed E-state index contributed by atoms with van der Waals surface area (Å²) >= 11 is 0. The molecule has 2 aliphatic rings. The summed E-state index contributed by atoms with van der Waals surface area (Å²) in [7, 11) is 0. The summed E-state index contributed by atoms with van der Waals surface area (Å²) in [6.45, 7) is 11.4. The van der Waals surface area contributed by atoms with E-state index in [1.165, 1.54) is 0 Å². The van der Waals surface area contributed by atoms with Crippen LogP contribution >= 0.6 is 0 Å². The van der Waals surface area contributed by atoms with E-state index < -0.39 is 5.41 Å². The molecule has 0 N–H and O–H groups in total. The summed E-state index contributed by atoms with van der Waals surface area (Å²) in [6.07, 6.45) is 1.30. The highest BCUT2D eigenvalue weighted by Gasteiger charge is 2.45. The Balaban J connectivity index is 1.68. The molecule has 0 aromatic heterocycles. The van der Waals surface area contributed by atoms with Gasteiger partial charge in [-0.2, -0.15) is 0 Å². The van der Waals surface area contributed by atoms with Crippen LogP contribution < -0.4 is 0 Å². The van der Waals surface area contributed by atoms with E-state index in [-0.39, 0.29) is 17.7 Å². The van der Waals surface area contributed by atoms with Gasteiger partial charge in [-0.25, -0.2) is 0 Å². The average Bonchev–Trinajstić information content (AvgIpc) is 2.80. The summed E-state index contributed by atoms with van der Waals surface area (Å²) in [6, 6.07) is 10.0. The van der Waals surface area contributed by atoms with Gasteiger partial charge < -0.3 is 14.7 Å². The Morgan fingerprint density at radius 3 is 1.97 bits per heavy atom. The third-order valence-corrected chi connectivity index (χ3v) is 6.93. The number of piperazine rings is 1. The molecule has 2 heterocycles. The van der Waals surface area contributed by atoms with E-state index in [0.717, 1.165) is 18.7 Å².